The Hall–Kier alpha value is -1.35. The highest BCUT2D eigenvalue weighted by molar-refractivity contribution is 5.76. The van der Waals surface area contributed by atoms with E-state index in [-0.39, 0.29) is 0 Å². The van der Waals surface area contributed by atoms with Crippen molar-refractivity contribution in [3.05, 3.63) is 35.9 Å². The van der Waals surface area contributed by atoms with Crippen LogP contribution in [-0.4, -0.2) is 37.0 Å². The van der Waals surface area contributed by atoms with Crippen LogP contribution in [0.15, 0.2) is 30.3 Å². The van der Waals surface area contributed by atoms with E-state index in [4.69, 9.17) is 0 Å². The smallest absolute Gasteiger partial charge is 0.222 e. The van der Waals surface area contributed by atoms with Gasteiger partial charge in [-0.1, -0.05) is 30.3 Å². The van der Waals surface area contributed by atoms with Crippen molar-refractivity contribution in [1.82, 2.24) is 10.2 Å². The standard InChI is InChI=1S/C19H28N2O/c22-19(21-13-4-11-20-12-14-21)15-16-7-9-18(10-8-16)17-5-2-1-3-6-17/h1-3,5-6,16,18,20H,4,7-15H2. The minimum absolute atomic E-state index is 0.381. The van der Waals surface area contributed by atoms with E-state index in [9.17, 15) is 4.79 Å². The first-order chi connectivity index (χ1) is 10.8. The lowest BCUT2D eigenvalue weighted by atomic mass is 9.77. The van der Waals surface area contributed by atoms with Crippen molar-refractivity contribution in [1.29, 1.82) is 0 Å². The maximum Gasteiger partial charge on any atom is 0.222 e. The molecule has 0 bridgehead atoms. The lowest BCUT2D eigenvalue weighted by Crippen LogP contribution is -2.35. The van der Waals surface area contributed by atoms with Gasteiger partial charge in [0.2, 0.25) is 5.91 Å². The van der Waals surface area contributed by atoms with Crippen LogP contribution in [0.1, 0.15) is 50.0 Å². The second-order valence-electron chi connectivity index (χ2n) is 6.82. The minimum Gasteiger partial charge on any atom is -0.341 e. The number of hydrogen-bond acceptors (Lipinski definition) is 2. The predicted octanol–water partition coefficient (Wildman–Crippen LogP) is 3.17. The summed E-state index contributed by atoms with van der Waals surface area (Å²) in [6, 6.07) is 10.9. The number of rotatable bonds is 3. The number of hydrogen-bond donors (Lipinski definition) is 1. The Kier molecular flexibility index (Phi) is 5.49. The summed E-state index contributed by atoms with van der Waals surface area (Å²) >= 11 is 0. The highest BCUT2D eigenvalue weighted by Gasteiger charge is 2.25. The molecule has 2 aliphatic rings. The molecule has 0 unspecified atom stereocenters. The molecule has 1 N–H and O–H groups in total. The van der Waals surface area contributed by atoms with Crippen molar-refractivity contribution in [2.24, 2.45) is 5.92 Å². The Balaban J connectivity index is 1.46. The average molecular weight is 300 g/mol. The maximum absolute atomic E-state index is 12.5. The van der Waals surface area contributed by atoms with Gasteiger partial charge in [0.05, 0.1) is 0 Å². The third-order valence-corrected chi connectivity index (χ3v) is 5.27. The van der Waals surface area contributed by atoms with Crippen molar-refractivity contribution >= 4 is 5.91 Å². The molecule has 1 aliphatic carbocycles. The highest BCUT2D eigenvalue weighted by atomic mass is 16.2. The number of amides is 1. The monoisotopic (exact) mass is 300 g/mol. The van der Waals surface area contributed by atoms with E-state index in [1.807, 2.05) is 0 Å². The largest absolute Gasteiger partial charge is 0.341 e. The number of nitrogens with one attached hydrogen (secondary N) is 1. The van der Waals surface area contributed by atoms with E-state index in [0.717, 1.165) is 39.0 Å². The summed E-state index contributed by atoms with van der Waals surface area (Å²) in [4.78, 5) is 14.5. The van der Waals surface area contributed by atoms with E-state index in [0.29, 0.717) is 17.7 Å². The summed E-state index contributed by atoms with van der Waals surface area (Å²) in [5.74, 6) is 1.69. The fourth-order valence-electron chi connectivity index (χ4n) is 3.90. The van der Waals surface area contributed by atoms with Crippen LogP contribution < -0.4 is 5.32 Å². The zero-order valence-corrected chi connectivity index (χ0v) is 13.5. The van der Waals surface area contributed by atoms with Crippen LogP contribution >= 0.6 is 0 Å². The molecule has 2 fully saturated rings. The molecule has 120 valence electrons. The normalized spacial score (nSPS) is 26.5. The molecule has 1 saturated carbocycles. The van der Waals surface area contributed by atoms with E-state index in [2.05, 4.69) is 40.5 Å². The summed E-state index contributed by atoms with van der Waals surface area (Å²) in [5, 5.41) is 3.37. The van der Waals surface area contributed by atoms with Gasteiger partial charge in [0.1, 0.15) is 0 Å². The summed E-state index contributed by atoms with van der Waals surface area (Å²) in [5.41, 5.74) is 1.48. The molecule has 1 saturated heterocycles. The van der Waals surface area contributed by atoms with Gasteiger partial charge in [0.25, 0.3) is 0 Å². The van der Waals surface area contributed by atoms with Crippen molar-refractivity contribution in [3.8, 4) is 0 Å². The van der Waals surface area contributed by atoms with Crippen LogP contribution in [0.5, 0.6) is 0 Å². The van der Waals surface area contributed by atoms with Crippen molar-refractivity contribution in [2.45, 2.75) is 44.4 Å². The highest BCUT2D eigenvalue weighted by Crippen LogP contribution is 2.37. The second kappa shape index (κ2) is 7.77. The van der Waals surface area contributed by atoms with Crippen LogP contribution in [0, 0.1) is 5.92 Å². The number of carbonyl (C=O) groups is 1. The van der Waals surface area contributed by atoms with E-state index >= 15 is 0 Å². The van der Waals surface area contributed by atoms with Gasteiger partial charge in [-0.3, -0.25) is 4.79 Å². The fourth-order valence-corrected chi connectivity index (χ4v) is 3.90. The van der Waals surface area contributed by atoms with Crippen LogP contribution in [0.25, 0.3) is 0 Å². The summed E-state index contributed by atoms with van der Waals surface area (Å²) < 4.78 is 0. The first-order valence-corrected chi connectivity index (χ1v) is 8.86. The van der Waals surface area contributed by atoms with Crippen molar-refractivity contribution < 1.29 is 4.79 Å². The second-order valence-corrected chi connectivity index (χ2v) is 6.82. The third-order valence-electron chi connectivity index (χ3n) is 5.27. The Morgan fingerprint density at radius 1 is 1.05 bits per heavy atom. The number of carbonyl (C=O) groups excluding carboxylic acids is 1. The van der Waals surface area contributed by atoms with Crippen molar-refractivity contribution in [3.63, 3.8) is 0 Å². The topological polar surface area (TPSA) is 32.3 Å². The molecule has 0 aromatic heterocycles. The molecule has 1 aliphatic heterocycles. The number of nitrogens with zero attached hydrogens (tertiary/aromatic N) is 1. The van der Waals surface area contributed by atoms with Gasteiger partial charge in [0.15, 0.2) is 0 Å². The third kappa shape index (κ3) is 4.10. The molecule has 1 amide bonds. The van der Waals surface area contributed by atoms with E-state index in [1.165, 1.54) is 31.2 Å². The van der Waals surface area contributed by atoms with Gasteiger partial charge < -0.3 is 10.2 Å². The van der Waals surface area contributed by atoms with Crippen LogP contribution in [-0.2, 0) is 4.79 Å². The van der Waals surface area contributed by atoms with Gasteiger partial charge in [-0.15, -0.1) is 0 Å². The lowest BCUT2D eigenvalue weighted by Gasteiger charge is -2.30. The molecule has 1 aromatic rings. The predicted molar refractivity (Wildman–Crippen MR) is 89.8 cm³/mol. The number of benzene rings is 1. The lowest BCUT2D eigenvalue weighted by molar-refractivity contribution is -0.132. The molecule has 1 aromatic carbocycles. The Morgan fingerprint density at radius 3 is 2.59 bits per heavy atom. The fraction of sp³-hybridized carbons (Fsp3) is 0.632. The van der Waals surface area contributed by atoms with Gasteiger partial charge in [-0.25, -0.2) is 0 Å². The first kappa shape index (κ1) is 15.5. The summed E-state index contributed by atoms with van der Waals surface area (Å²) in [6.45, 7) is 3.82. The first-order valence-electron chi connectivity index (χ1n) is 8.86. The molecule has 1 heterocycles. The molecular formula is C19H28N2O. The summed E-state index contributed by atoms with van der Waals surface area (Å²) in [7, 11) is 0. The molecule has 3 rings (SSSR count). The van der Waals surface area contributed by atoms with Gasteiger partial charge in [0, 0.05) is 26.1 Å². The van der Waals surface area contributed by atoms with Gasteiger partial charge in [-0.05, 0) is 56.0 Å². The molecule has 0 atom stereocenters. The van der Waals surface area contributed by atoms with Crippen LogP contribution in [0.4, 0.5) is 0 Å². The maximum atomic E-state index is 12.5. The molecule has 3 nitrogen and oxygen atoms in total. The Morgan fingerprint density at radius 2 is 1.82 bits per heavy atom. The van der Waals surface area contributed by atoms with Gasteiger partial charge in [-0.2, -0.15) is 0 Å². The van der Waals surface area contributed by atoms with Crippen LogP contribution in [0.3, 0.4) is 0 Å². The SMILES string of the molecule is O=C(CC1CCC(c2ccccc2)CC1)N1CCCNCC1. The molecular weight excluding hydrogens is 272 g/mol. The van der Waals surface area contributed by atoms with Crippen LogP contribution in [0.2, 0.25) is 0 Å². The van der Waals surface area contributed by atoms with Gasteiger partial charge >= 0.3 is 0 Å². The van der Waals surface area contributed by atoms with Crippen molar-refractivity contribution in [2.75, 3.05) is 26.2 Å². The molecule has 0 spiro atoms. The molecule has 22 heavy (non-hydrogen) atoms. The summed E-state index contributed by atoms with van der Waals surface area (Å²) in [6.07, 6.45) is 6.75. The zero-order chi connectivity index (χ0) is 15.2. The minimum atomic E-state index is 0.381. The zero-order valence-electron chi connectivity index (χ0n) is 13.5. The van der Waals surface area contributed by atoms with E-state index in [1.54, 1.807) is 0 Å². The Labute approximate surface area is 134 Å². The van der Waals surface area contributed by atoms with E-state index < -0.39 is 0 Å². The molecule has 3 heteroatoms. The quantitative estimate of drug-likeness (QED) is 0.930. The Bertz CT molecular complexity index is 458. The average Bonchev–Trinajstić information content (AvgIpc) is 2.86. The molecule has 0 radical (unpaired) electrons.